The predicted molar refractivity (Wildman–Crippen MR) is 101 cm³/mol. The van der Waals surface area contributed by atoms with E-state index in [-0.39, 0.29) is 0 Å². The maximum atomic E-state index is 12.8. The molecule has 0 bridgehead atoms. The number of rotatable bonds is 7. The zero-order valence-corrected chi connectivity index (χ0v) is 15.4. The van der Waals surface area contributed by atoms with Crippen molar-refractivity contribution in [2.24, 2.45) is 5.92 Å². The van der Waals surface area contributed by atoms with E-state index in [2.05, 4.69) is 4.90 Å². The van der Waals surface area contributed by atoms with E-state index >= 15 is 0 Å². The molecule has 1 fully saturated rings. The van der Waals surface area contributed by atoms with Gasteiger partial charge in [0.2, 0.25) is 0 Å². The van der Waals surface area contributed by atoms with Gasteiger partial charge in [0.15, 0.2) is 0 Å². The topological polar surface area (TPSA) is 12.5 Å². The average Bonchev–Trinajstić information content (AvgIpc) is 2.68. The zero-order valence-electron chi connectivity index (χ0n) is 15.4. The zero-order chi connectivity index (χ0) is 19.1. The summed E-state index contributed by atoms with van der Waals surface area (Å²) in [6.07, 6.45) is -0.306. The molecule has 0 unspecified atom stereocenters. The van der Waals surface area contributed by atoms with Crippen molar-refractivity contribution in [1.82, 2.24) is 4.90 Å². The van der Waals surface area contributed by atoms with E-state index in [4.69, 9.17) is 4.74 Å². The molecule has 2 aromatic carbocycles. The highest BCUT2D eigenvalue weighted by Crippen LogP contribution is 2.29. The molecule has 1 aliphatic rings. The monoisotopic (exact) mass is 377 g/mol. The molecule has 1 heterocycles. The normalized spacial score (nSPS) is 16.4. The summed E-state index contributed by atoms with van der Waals surface area (Å²) >= 11 is 0. The van der Waals surface area contributed by atoms with Gasteiger partial charge in [0, 0.05) is 6.54 Å². The van der Waals surface area contributed by atoms with Crippen molar-refractivity contribution in [2.45, 2.75) is 31.9 Å². The van der Waals surface area contributed by atoms with E-state index < -0.39 is 11.7 Å². The minimum absolute atomic E-state index is 0.558. The van der Waals surface area contributed by atoms with E-state index in [1.54, 1.807) is 6.07 Å². The molecule has 0 aromatic heterocycles. The average molecular weight is 377 g/mol. The lowest BCUT2D eigenvalue weighted by Gasteiger charge is -2.32. The van der Waals surface area contributed by atoms with Gasteiger partial charge in [0.1, 0.15) is 5.75 Å². The fourth-order valence-corrected chi connectivity index (χ4v) is 3.55. The lowest BCUT2D eigenvalue weighted by Crippen LogP contribution is -2.35. The number of benzene rings is 2. The Morgan fingerprint density at radius 1 is 0.963 bits per heavy atom. The Morgan fingerprint density at radius 2 is 1.70 bits per heavy atom. The van der Waals surface area contributed by atoms with E-state index in [1.165, 1.54) is 12.1 Å². The Morgan fingerprint density at radius 3 is 2.41 bits per heavy atom. The molecule has 2 nitrogen and oxygen atoms in total. The molecular weight excluding hydrogens is 351 g/mol. The third kappa shape index (κ3) is 6.28. The van der Waals surface area contributed by atoms with Crippen LogP contribution >= 0.6 is 0 Å². The van der Waals surface area contributed by atoms with Crippen LogP contribution in [-0.2, 0) is 12.6 Å². The van der Waals surface area contributed by atoms with Crippen LogP contribution in [0.3, 0.4) is 0 Å². The summed E-state index contributed by atoms with van der Waals surface area (Å²) in [4.78, 5) is 2.36. The number of likely N-dealkylation sites (tertiary alicyclic amines) is 1. The quantitative estimate of drug-likeness (QED) is 0.638. The fourth-order valence-electron chi connectivity index (χ4n) is 3.55. The molecule has 0 saturated carbocycles. The van der Waals surface area contributed by atoms with Gasteiger partial charge in [-0.15, -0.1) is 0 Å². The molecule has 1 aliphatic heterocycles. The highest BCUT2D eigenvalue weighted by atomic mass is 19.4. The smallest absolute Gasteiger partial charge is 0.416 e. The van der Waals surface area contributed by atoms with Crippen LogP contribution in [0.25, 0.3) is 0 Å². The van der Waals surface area contributed by atoms with Gasteiger partial charge in [-0.05, 0) is 68.5 Å². The lowest BCUT2D eigenvalue weighted by molar-refractivity contribution is -0.137. The maximum absolute atomic E-state index is 12.8. The molecule has 1 saturated heterocycles. The van der Waals surface area contributed by atoms with Gasteiger partial charge < -0.3 is 9.64 Å². The minimum Gasteiger partial charge on any atom is -0.494 e. The number of halogens is 3. The number of alkyl halides is 3. The van der Waals surface area contributed by atoms with Gasteiger partial charge in [-0.3, -0.25) is 0 Å². The summed E-state index contributed by atoms with van der Waals surface area (Å²) < 4.78 is 44.2. The summed E-state index contributed by atoms with van der Waals surface area (Å²) in [5, 5.41) is 0. The third-order valence-corrected chi connectivity index (χ3v) is 5.22. The first-order valence-electron chi connectivity index (χ1n) is 9.57. The number of hydrogen-bond acceptors (Lipinski definition) is 2. The number of ether oxygens (including phenoxy) is 1. The van der Waals surface area contributed by atoms with Crippen molar-refractivity contribution in [3.8, 4) is 5.75 Å². The Balaban J connectivity index is 1.36. The summed E-state index contributed by atoms with van der Waals surface area (Å²) in [5.74, 6) is 1.58. The predicted octanol–water partition coefficient (Wildman–Crippen LogP) is 5.43. The van der Waals surface area contributed by atoms with Gasteiger partial charge >= 0.3 is 6.18 Å². The Bertz CT molecular complexity index is 694. The molecule has 3 rings (SSSR count). The van der Waals surface area contributed by atoms with E-state index in [0.29, 0.717) is 12.3 Å². The van der Waals surface area contributed by atoms with E-state index in [9.17, 15) is 13.2 Å². The minimum atomic E-state index is -4.27. The summed E-state index contributed by atoms with van der Waals surface area (Å²) in [5.41, 5.74) is 0.195. The third-order valence-electron chi connectivity index (χ3n) is 5.22. The number of hydrogen-bond donors (Lipinski definition) is 0. The van der Waals surface area contributed by atoms with Crippen LogP contribution in [0.2, 0.25) is 0 Å². The first-order chi connectivity index (χ1) is 13.0. The van der Waals surface area contributed by atoms with Crippen LogP contribution in [0.1, 0.15) is 30.4 Å². The number of para-hydroxylation sites is 1. The lowest BCUT2D eigenvalue weighted by atomic mass is 9.93. The number of piperidine rings is 1. The van der Waals surface area contributed by atoms with Crippen LogP contribution in [0, 0.1) is 5.92 Å². The van der Waals surface area contributed by atoms with Crippen molar-refractivity contribution in [1.29, 1.82) is 0 Å². The van der Waals surface area contributed by atoms with Gasteiger partial charge in [-0.1, -0.05) is 36.4 Å². The van der Waals surface area contributed by atoms with Crippen LogP contribution in [0.4, 0.5) is 13.2 Å². The van der Waals surface area contributed by atoms with Crippen molar-refractivity contribution in [2.75, 3.05) is 26.2 Å². The molecule has 0 aliphatic carbocycles. The van der Waals surface area contributed by atoms with Crippen molar-refractivity contribution >= 4 is 0 Å². The highest BCUT2D eigenvalue weighted by molar-refractivity contribution is 5.26. The Hall–Kier alpha value is -2.01. The van der Waals surface area contributed by atoms with Gasteiger partial charge in [-0.2, -0.15) is 13.2 Å². The highest BCUT2D eigenvalue weighted by Gasteiger charge is 2.30. The molecule has 0 N–H and O–H groups in total. The molecular formula is C22H26F3NO. The van der Waals surface area contributed by atoms with Crippen LogP contribution in [0.15, 0.2) is 54.6 Å². The largest absolute Gasteiger partial charge is 0.494 e. The first kappa shape index (κ1) is 19.7. The molecule has 0 atom stereocenters. The maximum Gasteiger partial charge on any atom is 0.416 e. The molecule has 146 valence electrons. The van der Waals surface area contributed by atoms with Crippen LogP contribution < -0.4 is 4.74 Å². The van der Waals surface area contributed by atoms with E-state index in [0.717, 1.165) is 62.9 Å². The van der Waals surface area contributed by atoms with Crippen molar-refractivity contribution in [3.05, 3.63) is 65.7 Å². The molecule has 5 heteroatoms. The van der Waals surface area contributed by atoms with Gasteiger partial charge in [-0.25, -0.2) is 0 Å². The number of nitrogens with zero attached hydrogens (tertiary/aromatic N) is 1. The molecule has 2 aromatic rings. The fraction of sp³-hybridized carbons (Fsp3) is 0.455. The van der Waals surface area contributed by atoms with Crippen molar-refractivity contribution in [3.63, 3.8) is 0 Å². The Kier molecular flexibility index (Phi) is 6.78. The molecule has 27 heavy (non-hydrogen) atoms. The second kappa shape index (κ2) is 9.27. The summed E-state index contributed by atoms with van der Waals surface area (Å²) in [6, 6.07) is 15.5. The first-order valence-corrected chi connectivity index (χ1v) is 9.57. The van der Waals surface area contributed by atoms with Crippen LogP contribution in [0.5, 0.6) is 5.75 Å². The molecule has 0 amide bonds. The van der Waals surface area contributed by atoms with Crippen LogP contribution in [-0.4, -0.2) is 31.1 Å². The SMILES string of the molecule is FC(F)(F)c1cccc(CCN2CCC(CCOc3ccccc3)CC2)c1. The van der Waals surface area contributed by atoms with Crippen molar-refractivity contribution < 1.29 is 17.9 Å². The molecule has 0 spiro atoms. The Labute approximate surface area is 159 Å². The van der Waals surface area contributed by atoms with Gasteiger partial charge in [0.05, 0.1) is 12.2 Å². The summed E-state index contributed by atoms with van der Waals surface area (Å²) in [7, 11) is 0. The van der Waals surface area contributed by atoms with E-state index in [1.807, 2.05) is 30.3 Å². The second-order valence-corrected chi connectivity index (χ2v) is 7.18. The van der Waals surface area contributed by atoms with Gasteiger partial charge in [0.25, 0.3) is 0 Å². The second-order valence-electron chi connectivity index (χ2n) is 7.18. The molecule has 0 radical (unpaired) electrons. The summed E-state index contributed by atoms with van der Waals surface area (Å²) in [6.45, 7) is 3.57. The standard InChI is InChI=1S/C22H26F3NO/c23-22(24,25)20-6-4-5-19(17-20)11-15-26-13-9-18(10-14-26)12-16-27-21-7-2-1-3-8-21/h1-8,17-18H,9-16H2.